The molecule has 9 heteroatoms. The lowest BCUT2D eigenvalue weighted by atomic mass is 10.2. The molecule has 0 saturated heterocycles. The van der Waals surface area contributed by atoms with Gasteiger partial charge >= 0.3 is 0 Å². The summed E-state index contributed by atoms with van der Waals surface area (Å²) in [7, 11) is -3.50. The van der Waals surface area contributed by atoms with Crippen molar-refractivity contribution in [2.75, 3.05) is 11.0 Å². The van der Waals surface area contributed by atoms with Gasteiger partial charge in [-0.05, 0) is 24.3 Å². The van der Waals surface area contributed by atoms with Crippen molar-refractivity contribution in [1.29, 1.82) is 0 Å². The Bertz CT molecular complexity index is 1160. The van der Waals surface area contributed by atoms with Crippen LogP contribution in [0.5, 0.6) is 0 Å². The van der Waals surface area contributed by atoms with Crippen LogP contribution in [0.4, 0.5) is 5.69 Å². The monoisotopic (exact) mass is 406 g/mol. The normalized spacial score (nSPS) is 11.4. The smallest absolute Gasteiger partial charge is 0.253 e. The molecule has 3 rings (SSSR count). The van der Waals surface area contributed by atoms with Crippen molar-refractivity contribution in [3.63, 3.8) is 0 Å². The number of fused-ring (bicyclic) bond motifs is 1. The molecule has 0 aliphatic carbocycles. The Balaban J connectivity index is 2.23. The molecule has 0 fully saturated rings. The topological polar surface area (TPSA) is 106 Å². The van der Waals surface area contributed by atoms with Crippen LogP contribution >= 0.6 is 23.1 Å². The second-order valence-corrected chi connectivity index (χ2v) is 9.25. The largest absolute Gasteiger partial charge is 0.365 e. The molecule has 0 aliphatic heterocycles. The molecule has 1 aromatic heterocycles. The van der Waals surface area contributed by atoms with E-state index in [0.717, 1.165) is 22.5 Å². The Morgan fingerprint density at radius 3 is 2.50 bits per heavy atom. The number of carbonyl (C=O) groups is 1. The van der Waals surface area contributed by atoms with E-state index in [0.29, 0.717) is 20.7 Å². The average molecular weight is 407 g/mol. The van der Waals surface area contributed by atoms with Crippen LogP contribution < -0.4 is 15.9 Å². The molecule has 1 heterocycles. The van der Waals surface area contributed by atoms with Crippen molar-refractivity contribution in [3.8, 4) is 0 Å². The lowest BCUT2D eigenvalue weighted by molar-refractivity contribution is 0.0999. The van der Waals surface area contributed by atoms with E-state index in [1.54, 1.807) is 12.1 Å². The number of benzene rings is 2. The standard InChI is InChI=1S/C17H14N2O4S3/c1-26(22,23)19-13-8-14-11(16(20)12(9-24-14)17(18)21)7-15(13)25-10-5-3-2-4-6-10/h2-9,19H,1H3,(H2,18,21). The first-order chi connectivity index (χ1) is 12.2. The zero-order valence-electron chi connectivity index (χ0n) is 13.6. The first-order valence-corrected chi connectivity index (χ1v) is 10.9. The summed E-state index contributed by atoms with van der Waals surface area (Å²) < 4.78 is 26.5. The quantitative estimate of drug-likeness (QED) is 0.678. The highest BCUT2D eigenvalue weighted by Crippen LogP contribution is 2.37. The number of amides is 1. The third-order valence-electron chi connectivity index (χ3n) is 3.41. The summed E-state index contributed by atoms with van der Waals surface area (Å²) in [5, 5.41) is 1.71. The zero-order chi connectivity index (χ0) is 18.9. The van der Waals surface area contributed by atoms with E-state index in [2.05, 4.69) is 4.72 Å². The van der Waals surface area contributed by atoms with E-state index in [1.165, 1.54) is 17.1 Å². The first-order valence-electron chi connectivity index (χ1n) is 7.34. The highest BCUT2D eigenvalue weighted by molar-refractivity contribution is 7.99. The van der Waals surface area contributed by atoms with Crippen molar-refractivity contribution in [1.82, 2.24) is 0 Å². The molecular formula is C17H14N2O4S3. The van der Waals surface area contributed by atoms with Crippen LogP contribution in [0.15, 0.2) is 62.4 Å². The average Bonchev–Trinajstić information content (AvgIpc) is 2.55. The number of rotatable bonds is 5. The maximum Gasteiger partial charge on any atom is 0.253 e. The van der Waals surface area contributed by atoms with Gasteiger partial charge in [-0.15, -0.1) is 11.3 Å². The molecule has 2 aromatic carbocycles. The van der Waals surface area contributed by atoms with Gasteiger partial charge in [-0.25, -0.2) is 8.42 Å². The van der Waals surface area contributed by atoms with E-state index in [4.69, 9.17) is 5.73 Å². The molecule has 1 amide bonds. The Labute approximate surface area is 158 Å². The SMILES string of the molecule is CS(=O)(=O)Nc1cc2scc(C(N)=O)c(=O)c2cc1Sc1ccccc1. The minimum Gasteiger partial charge on any atom is -0.365 e. The summed E-state index contributed by atoms with van der Waals surface area (Å²) in [5.41, 5.74) is 5.08. The highest BCUT2D eigenvalue weighted by atomic mass is 32.2. The molecule has 0 atom stereocenters. The lowest BCUT2D eigenvalue weighted by Gasteiger charge is -2.12. The molecule has 0 saturated carbocycles. The minimum atomic E-state index is -3.50. The van der Waals surface area contributed by atoms with E-state index >= 15 is 0 Å². The third-order valence-corrected chi connectivity index (χ3v) is 6.01. The van der Waals surface area contributed by atoms with Gasteiger partial charge in [0.25, 0.3) is 5.91 Å². The van der Waals surface area contributed by atoms with Gasteiger partial charge in [0.05, 0.1) is 17.5 Å². The second-order valence-electron chi connectivity index (χ2n) is 5.48. The number of primary amides is 1. The number of nitrogens with two attached hydrogens (primary N) is 1. The van der Waals surface area contributed by atoms with Crippen LogP contribution in [0.2, 0.25) is 0 Å². The minimum absolute atomic E-state index is 0.0815. The van der Waals surface area contributed by atoms with Crippen LogP contribution in [0.3, 0.4) is 0 Å². The van der Waals surface area contributed by atoms with Crippen molar-refractivity contribution in [2.24, 2.45) is 5.73 Å². The highest BCUT2D eigenvalue weighted by Gasteiger charge is 2.15. The number of hydrogen-bond donors (Lipinski definition) is 2. The van der Waals surface area contributed by atoms with Crippen LogP contribution in [0.1, 0.15) is 10.4 Å². The van der Waals surface area contributed by atoms with Gasteiger partial charge < -0.3 is 5.73 Å². The summed E-state index contributed by atoms with van der Waals surface area (Å²) in [6.45, 7) is 0. The molecule has 134 valence electrons. The van der Waals surface area contributed by atoms with E-state index in [1.807, 2.05) is 30.3 Å². The van der Waals surface area contributed by atoms with Crippen LogP contribution in [0, 0.1) is 0 Å². The Hall–Kier alpha value is -2.36. The van der Waals surface area contributed by atoms with Gasteiger partial charge in [0.15, 0.2) is 0 Å². The Morgan fingerprint density at radius 1 is 1.19 bits per heavy atom. The fraction of sp³-hybridized carbons (Fsp3) is 0.0588. The predicted molar refractivity (Wildman–Crippen MR) is 106 cm³/mol. The third kappa shape index (κ3) is 4.06. The molecule has 6 nitrogen and oxygen atoms in total. The zero-order valence-corrected chi connectivity index (χ0v) is 16.0. The van der Waals surface area contributed by atoms with E-state index in [-0.39, 0.29) is 5.56 Å². The fourth-order valence-corrected chi connectivity index (χ4v) is 4.81. The van der Waals surface area contributed by atoms with Crippen LogP contribution in [-0.4, -0.2) is 20.6 Å². The molecule has 0 bridgehead atoms. The molecule has 0 spiro atoms. The summed E-state index contributed by atoms with van der Waals surface area (Å²) in [4.78, 5) is 25.4. The number of anilines is 1. The van der Waals surface area contributed by atoms with Gasteiger partial charge in [-0.1, -0.05) is 30.0 Å². The molecule has 3 aromatic rings. The molecule has 0 radical (unpaired) electrons. The molecule has 26 heavy (non-hydrogen) atoms. The summed E-state index contributed by atoms with van der Waals surface area (Å²) in [6.07, 6.45) is 1.06. The lowest BCUT2D eigenvalue weighted by Crippen LogP contribution is -2.21. The number of carbonyl (C=O) groups excluding carboxylic acids is 1. The van der Waals surface area contributed by atoms with Crippen LogP contribution in [-0.2, 0) is 10.0 Å². The molecule has 3 N–H and O–H groups in total. The van der Waals surface area contributed by atoms with Crippen molar-refractivity contribution in [2.45, 2.75) is 9.79 Å². The fourth-order valence-electron chi connectivity index (χ4n) is 2.31. The van der Waals surface area contributed by atoms with Gasteiger partial charge in [-0.2, -0.15) is 0 Å². The number of nitrogens with one attached hydrogen (secondary N) is 1. The number of hydrogen-bond acceptors (Lipinski definition) is 6. The van der Waals surface area contributed by atoms with Crippen molar-refractivity contribution in [3.05, 3.63) is 63.6 Å². The summed E-state index contributed by atoms with van der Waals surface area (Å²) in [5.74, 6) is -0.788. The maximum atomic E-state index is 12.5. The second kappa shape index (κ2) is 7.10. The Kier molecular flexibility index (Phi) is 5.03. The van der Waals surface area contributed by atoms with Gasteiger partial charge in [0.2, 0.25) is 15.5 Å². The van der Waals surface area contributed by atoms with Gasteiger partial charge in [-0.3, -0.25) is 14.3 Å². The number of sulfonamides is 1. The first kappa shape index (κ1) is 18.4. The maximum absolute atomic E-state index is 12.5. The summed E-state index contributed by atoms with van der Waals surface area (Å²) >= 11 is 2.47. The molecular weight excluding hydrogens is 392 g/mol. The van der Waals surface area contributed by atoms with Gasteiger partial charge in [0.1, 0.15) is 0 Å². The Morgan fingerprint density at radius 2 is 1.88 bits per heavy atom. The van der Waals surface area contributed by atoms with E-state index < -0.39 is 21.4 Å². The van der Waals surface area contributed by atoms with Crippen molar-refractivity contribution < 1.29 is 13.2 Å². The predicted octanol–water partition coefficient (Wildman–Crippen LogP) is 2.88. The molecule has 0 aliphatic rings. The summed E-state index contributed by atoms with van der Waals surface area (Å²) in [6, 6.07) is 12.5. The van der Waals surface area contributed by atoms with E-state index in [9.17, 15) is 18.0 Å². The van der Waals surface area contributed by atoms with Crippen molar-refractivity contribution >= 4 is 54.8 Å². The van der Waals surface area contributed by atoms with Crippen LogP contribution in [0.25, 0.3) is 10.1 Å². The van der Waals surface area contributed by atoms with Gasteiger partial charge in [0, 0.05) is 25.3 Å². The molecule has 0 unspecified atom stereocenters.